The monoisotopic (exact) mass is 766 g/mol. The summed E-state index contributed by atoms with van der Waals surface area (Å²) in [6, 6.07) is 10.1. The maximum absolute atomic E-state index is 13.1. The molecule has 3 heterocycles. The van der Waals surface area contributed by atoms with Gasteiger partial charge in [-0.25, -0.2) is 4.79 Å². The Morgan fingerprint density at radius 3 is 2.71 bits per heavy atom. The number of aromatic nitrogens is 1. The fourth-order valence-electron chi connectivity index (χ4n) is 6.26. The van der Waals surface area contributed by atoms with Crippen LogP contribution in [-0.2, 0) is 9.53 Å². The molecule has 1 fully saturated rings. The third-order valence-electron chi connectivity index (χ3n) is 8.31. The summed E-state index contributed by atoms with van der Waals surface area (Å²) in [5, 5.41) is 0.687. The van der Waals surface area contributed by atoms with Gasteiger partial charge in [-0.05, 0) is 34.1 Å². The Balaban J connectivity index is 1.46. The molecule has 2 aromatic rings. The van der Waals surface area contributed by atoms with Crippen LogP contribution in [0.15, 0.2) is 41.5 Å². The fourth-order valence-corrected chi connectivity index (χ4v) is 7.52. The Hall–Kier alpha value is -2.27. The zero-order valence-electron chi connectivity index (χ0n) is 24.3. The quantitative estimate of drug-likeness (QED) is 0.335. The number of aliphatic imine (C=N–C) groups is 1. The minimum atomic E-state index is -0.531. The number of carbonyl (C=O) groups excluding carboxylic acids is 2. The number of Topliss-reactive ketones (excluding diaryl/α,β-unsaturated/α-hetero) is 1. The Morgan fingerprint density at radius 2 is 1.98 bits per heavy atom. The smallest absolute Gasteiger partial charge is 0.444 e. The zero-order valence-corrected chi connectivity index (χ0v) is 29.6. The summed E-state index contributed by atoms with van der Waals surface area (Å²) in [4.78, 5) is 37.4. The van der Waals surface area contributed by atoms with E-state index in [1.165, 1.54) is 5.56 Å². The second-order valence-corrected chi connectivity index (χ2v) is 15.5. The number of rotatable bonds is 5. The second-order valence-electron chi connectivity index (χ2n) is 12.4. The summed E-state index contributed by atoms with van der Waals surface area (Å²) in [6.07, 6.45) is 9.41. The van der Waals surface area contributed by atoms with Crippen LogP contribution in [0.2, 0.25) is 5.02 Å². The summed E-state index contributed by atoms with van der Waals surface area (Å²) in [6.45, 7) is 9.19. The van der Waals surface area contributed by atoms with Crippen molar-refractivity contribution in [2.45, 2.75) is 83.4 Å². The van der Waals surface area contributed by atoms with Gasteiger partial charge in [0.15, 0.2) is 0 Å². The predicted octanol–water partition coefficient (Wildman–Crippen LogP) is 6.29. The van der Waals surface area contributed by atoms with Crippen molar-refractivity contribution in [1.82, 2.24) is 12.6 Å². The van der Waals surface area contributed by atoms with E-state index in [1.807, 2.05) is 56.4 Å². The number of fused-ring (bicyclic) bond motifs is 2. The summed E-state index contributed by atoms with van der Waals surface area (Å²) in [5.41, 5.74) is 5.00. The number of hydrogen-bond acceptors (Lipinski definition) is 6. The SMILES string of the molecule is CC1CCC(C2c3ccc(Cl)cc3C=C(CCC(=O)C3C[N]([Tl])C=N3)c3cccnc32)CCN1C(=O)OC(C)(C)C. The van der Waals surface area contributed by atoms with Gasteiger partial charge in [0.25, 0.3) is 0 Å². The molecule has 0 N–H and O–H groups in total. The van der Waals surface area contributed by atoms with Crippen molar-refractivity contribution >= 4 is 67.5 Å². The second kappa shape index (κ2) is 12.5. The number of likely N-dealkylation sites (tertiary alicyclic amines) is 1. The first kappa shape index (κ1) is 30.2. The van der Waals surface area contributed by atoms with Crippen molar-refractivity contribution < 1.29 is 14.3 Å². The average Bonchev–Trinajstić information content (AvgIpc) is 3.19. The molecule has 0 radical (unpaired) electrons. The molecule has 0 bridgehead atoms. The van der Waals surface area contributed by atoms with Gasteiger partial charge in [0, 0.05) is 12.6 Å². The van der Waals surface area contributed by atoms with Crippen LogP contribution in [0.3, 0.4) is 0 Å². The van der Waals surface area contributed by atoms with Crippen molar-refractivity contribution in [1.29, 1.82) is 0 Å². The molecule has 1 amide bonds. The van der Waals surface area contributed by atoms with Gasteiger partial charge >= 0.3 is 199 Å². The fraction of sp³-hybridized carbons (Fsp3) is 0.500. The van der Waals surface area contributed by atoms with Gasteiger partial charge in [0.1, 0.15) is 5.60 Å². The van der Waals surface area contributed by atoms with E-state index < -0.39 is 5.60 Å². The molecule has 7 nitrogen and oxygen atoms in total. The molecule has 9 heteroatoms. The van der Waals surface area contributed by atoms with Crippen LogP contribution in [0.1, 0.15) is 88.1 Å². The number of pyridine rings is 1. The van der Waals surface area contributed by atoms with E-state index in [2.05, 4.69) is 32.8 Å². The minimum Gasteiger partial charge on any atom is -0.444 e. The standard InChI is InChI=1S/C32H38ClN4O3.Tl/c1-20-7-8-21(13-15-37(20)31(39)40-32(2,3)4)29-25-11-10-24(33)17-23(25)16-22(26-6-5-14-35-30(26)29)9-12-28(38)27-18-34-19-36-27;/h5-6,10-11,14,16-17,19-21,27,29H,7-9,12-13,15,18H2,1-4H3;/q-1;+1. The zero-order chi connectivity index (χ0) is 29.3. The number of benzene rings is 1. The number of halogens is 1. The summed E-state index contributed by atoms with van der Waals surface area (Å²) >= 11 is 7.19. The molecule has 0 spiro atoms. The molecule has 1 aromatic heterocycles. The third-order valence-corrected chi connectivity index (χ3v) is 9.88. The van der Waals surface area contributed by atoms with Gasteiger partial charge in [0.05, 0.1) is 0 Å². The molecule has 214 valence electrons. The van der Waals surface area contributed by atoms with Crippen LogP contribution in [0.5, 0.6) is 0 Å². The number of allylic oxidation sites excluding steroid dienone is 1. The number of ether oxygens (including phenoxy) is 1. The molecule has 4 unspecified atom stereocenters. The van der Waals surface area contributed by atoms with Crippen molar-refractivity contribution in [2.75, 3.05) is 13.1 Å². The van der Waals surface area contributed by atoms with Crippen molar-refractivity contribution in [3.05, 3.63) is 63.9 Å². The minimum absolute atomic E-state index is 0.0488. The van der Waals surface area contributed by atoms with Crippen LogP contribution in [0, 0.1) is 5.92 Å². The van der Waals surface area contributed by atoms with Gasteiger partial charge in [-0.3, -0.25) is 0 Å². The first-order valence-corrected chi connectivity index (χ1v) is 16.9. The first-order valence-electron chi connectivity index (χ1n) is 14.5. The summed E-state index contributed by atoms with van der Waals surface area (Å²) in [7, 11) is 0. The van der Waals surface area contributed by atoms with E-state index in [0.29, 0.717) is 57.0 Å². The first-order chi connectivity index (χ1) is 19.5. The normalized spacial score (nSPS) is 24.1. The van der Waals surface area contributed by atoms with Crippen LogP contribution in [0.4, 0.5) is 4.79 Å². The van der Waals surface area contributed by atoms with E-state index in [4.69, 9.17) is 21.3 Å². The Morgan fingerprint density at radius 1 is 1.17 bits per heavy atom. The Bertz CT molecular complexity index is 1370. The number of carbonyl (C=O) groups is 2. The Labute approximate surface area is 264 Å². The summed E-state index contributed by atoms with van der Waals surface area (Å²) < 4.78 is 7.87. The molecule has 5 rings (SSSR count). The molecule has 41 heavy (non-hydrogen) atoms. The third kappa shape index (κ3) is 7.04. The number of nitrogens with zero attached hydrogens (tertiary/aromatic N) is 4. The van der Waals surface area contributed by atoms with E-state index in [9.17, 15) is 9.59 Å². The molecule has 2 aliphatic heterocycles. The van der Waals surface area contributed by atoms with Crippen LogP contribution in [0.25, 0.3) is 11.6 Å². The Kier molecular flexibility index (Phi) is 9.23. The van der Waals surface area contributed by atoms with E-state index >= 15 is 0 Å². The van der Waals surface area contributed by atoms with E-state index in [-0.39, 0.29) is 35.8 Å². The van der Waals surface area contributed by atoms with Gasteiger partial charge in [-0.1, -0.05) is 0 Å². The van der Waals surface area contributed by atoms with Crippen LogP contribution in [-0.4, -0.2) is 87.6 Å². The maximum atomic E-state index is 13.1. The summed E-state index contributed by atoms with van der Waals surface area (Å²) in [5.74, 6) is 0.511. The predicted molar refractivity (Wildman–Crippen MR) is 164 cm³/mol. The van der Waals surface area contributed by atoms with Crippen molar-refractivity contribution in [3.63, 3.8) is 0 Å². The molecule has 4 atom stereocenters. The molecular formula is C32H38ClN4O3Tl. The van der Waals surface area contributed by atoms with Gasteiger partial charge < -0.3 is 9.64 Å². The molecule has 1 saturated heterocycles. The molecule has 3 aliphatic rings. The van der Waals surface area contributed by atoms with E-state index in [0.717, 1.165) is 41.7 Å². The van der Waals surface area contributed by atoms with Crippen molar-refractivity contribution in [2.24, 2.45) is 10.9 Å². The van der Waals surface area contributed by atoms with Gasteiger partial charge in [-0.2, -0.15) is 0 Å². The molecular weight excluding hydrogens is 728 g/mol. The number of ketones is 1. The van der Waals surface area contributed by atoms with Crippen molar-refractivity contribution in [3.8, 4) is 0 Å². The molecule has 1 aliphatic carbocycles. The molecule has 1 aromatic carbocycles. The van der Waals surface area contributed by atoms with Crippen LogP contribution < -0.4 is 0 Å². The van der Waals surface area contributed by atoms with Gasteiger partial charge in [-0.15, -0.1) is 0 Å². The number of amides is 1. The van der Waals surface area contributed by atoms with Crippen LogP contribution >= 0.6 is 11.6 Å². The van der Waals surface area contributed by atoms with Gasteiger partial charge in [0.2, 0.25) is 0 Å². The average molecular weight is 767 g/mol. The molecule has 0 saturated carbocycles. The van der Waals surface area contributed by atoms with E-state index in [1.54, 1.807) is 0 Å². The topological polar surface area (TPSA) is 75.1 Å². The number of hydrogen-bond donors (Lipinski definition) is 0.